The standard InChI is InChI=1S/C13H13N3O4S/c17-12(18)11-5-8(6-16(11)13(19)20)3-7-1-2-9-10(4-7)15-21-14-9/h1-2,4,8,11H,3,5-6H2,(H,17,18)(H,19,20)/t8-,11+/m0/s1. The van der Waals surface area contributed by atoms with Gasteiger partial charge in [-0.15, -0.1) is 0 Å². The van der Waals surface area contributed by atoms with Gasteiger partial charge in [0.15, 0.2) is 0 Å². The van der Waals surface area contributed by atoms with Crippen molar-refractivity contribution in [2.45, 2.75) is 18.9 Å². The molecule has 1 aromatic carbocycles. The van der Waals surface area contributed by atoms with E-state index in [1.165, 1.54) is 0 Å². The van der Waals surface area contributed by atoms with Gasteiger partial charge >= 0.3 is 12.1 Å². The van der Waals surface area contributed by atoms with E-state index in [0.29, 0.717) is 12.8 Å². The summed E-state index contributed by atoms with van der Waals surface area (Å²) in [5.41, 5.74) is 2.68. The van der Waals surface area contributed by atoms with Crippen LogP contribution in [-0.2, 0) is 11.2 Å². The average Bonchev–Trinajstić information content (AvgIpc) is 3.04. The van der Waals surface area contributed by atoms with Gasteiger partial charge in [0.05, 0.1) is 11.7 Å². The van der Waals surface area contributed by atoms with E-state index < -0.39 is 18.1 Å². The van der Waals surface area contributed by atoms with E-state index >= 15 is 0 Å². The fourth-order valence-corrected chi connectivity index (χ4v) is 3.32. The van der Waals surface area contributed by atoms with Gasteiger partial charge in [0.1, 0.15) is 17.1 Å². The molecule has 1 aliphatic rings. The topological polar surface area (TPSA) is 104 Å². The third-order valence-electron chi connectivity index (χ3n) is 3.76. The molecular weight excluding hydrogens is 294 g/mol. The molecule has 1 saturated heterocycles. The first-order chi connectivity index (χ1) is 10.0. The highest BCUT2D eigenvalue weighted by atomic mass is 32.1. The second kappa shape index (κ2) is 5.28. The smallest absolute Gasteiger partial charge is 0.408 e. The summed E-state index contributed by atoms with van der Waals surface area (Å²) in [5.74, 6) is -1.08. The molecule has 0 bridgehead atoms. The molecule has 8 heteroatoms. The highest BCUT2D eigenvalue weighted by Crippen LogP contribution is 2.27. The number of amides is 1. The average molecular weight is 307 g/mol. The number of benzene rings is 1. The molecule has 1 aliphatic heterocycles. The Labute approximate surface area is 124 Å². The van der Waals surface area contributed by atoms with Crippen LogP contribution in [0.5, 0.6) is 0 Å². The summed E-state index contributed by atoms with van der Waals surface area (Å²) >= 11 is 1.15. The molecule has 2 aromatic rings. The number of carbonyl (C=O) groups is 2. The summed E-state index contributed by atoms with van der Waals surface area (Å²) in [6, 6.07) is 4.80. The van der Waals surface area contributed by atoms with Gasteiger partial charge < -0.3 is 10.2 Å². The third-order valence-corrected chi connectivity index (χ3v) is 4.32. The molecule has 0 unspecified atom stereocenters. The fourth-order valence-electron chi connectivity index (χ4n) is 2.80. The van der Waals surface area contributed by atoms with Gasteiger partial charge in [-0.25, -0.2) is 9.59 Å². The van der Waals surface area contributed by atoms with E-state index in [9.17, 15) is 9.59 Å². The van der Waals surface area contributed by atoms with Gasteiger partial charge in [-0.1, -0.05) is 6.07 Å². The SMILES string of the molecule is O=C(O)[C@H]1C[C@H](Cc2ccc3nsnc3c2)CN1C(=O)O. The van der Waals surface area contributed by atoms with Gasteiger partial charge in [-0.3, -0.25) is 4.90 Å². The maximum Gasteiger partial charge on any atom is 0.408 e. The number of aliphatic carboxylic acids is 1. The first-order valence-corrected chi connectivity index (χ1v) is 7.21. The molecule has 2 atom stereocenters. The van der Waals surface area contributed by atoms with E-state index in [4.69, 9.17) is 10.2 Å². The molecule has 7 nitrogen and oxygen atoms in total. The number of aromatic nitrogens is 2. The summed E-state index contributed by atoms with van der Waals surface area (Å²) in [6.07, 6.45) is -0.195. The predicted molar refractivity (Wildman–Crippen MR) is 75.4 cm³/mol. The van der Waals surface area contributed by atoms with Crippen LogP contribution in [0.3, 0.4) is 0 Å². The van der Waals surface area contributed by atoms with Gasteiger partial charge in [0, 0.05) is 6.54 Å². The van der Waals surface area contributed by atoms with Gasteiger partial charge in [-0.05, 0) is 36.5 Å². The van der Waals surface area contributed by atoms with Crippen LogP contribution in [0.15, 0.2) is 18.2 Å². The Morgan fingerprint density at radius 1 is 1.29 bits per heavy atom. The molecule has 110 valence electrons. The maximum atomic E-state index is 11.1. The van der Waals surface area contributed by atoms with Crippen LogP contribution in [0, 0.1) is 5.92 Å². The zero-order chi connectivity index (χ0) is 15.0. The van der Waals surface area contributed by atoms with Crippen LogP contribution < -0.4 is 0 Å². The van der Waals surface area contributed by atoms with Crippen molar-refractivity contribution in [3.05, 3.63) is 23.8 Å². The summed E-state index contributed by atoms with van der Waals surface area (Å²) in [5, 5.41) is 18.2. The Bertz CT molecular complexity index is 680. The van der Waals surface area contributed by atoms with E-state index in [2.05, 4.69) is 8.75 Å². The number of likely N-dealkylation sites (tertiary alicyclic amines) is 1. The lowest BCUT2D eigenvalue weighted by atomic mass is 9.96. The van der Waals surface area contributed by atoms with Crippen molar-refractivity contribution in [1.29, 1.82) is 0 Å². The van der Waals surface area contributed by atoms with Crippen molar-refractivity contribution in [2.75, 3.05) is 6.54 Å². The number of carboxylic acid groups (broad SMARTS) is 2. The summed E-state index contributed by atoms with van der Waals surface area (Å²) in [4.78, 5) is 23.2. The highest BCUT2D eigenvalue weighted by Gasteiger charge is 2.39. The maximum absolute atomic E-state index is 11.1. The van der Waals surface area contributed by atoms with E-state index in [-0.39, 0.29) is 12.5 Å². The predicted octanol–water partition coefficient (Wildman–Crippen LogP) is 1.69. The monoisotopic (exact) mass is 307 g/mol. The van der Waals surface area contributed by atoms with Crippen LogP contribution in [0.25, 0.3) is 11.0 Å². The fraction of sp³-hybridized carbons (Fsp3) is 0.385. The number of hydrogen-bond donors (Lipinski definition) is 2. The molecule has 2 N–H and O–H groups in total. The normalized spacial score (nSPS) is 21.8. The molecule has 21 heavy (non-hydrogen) atoms. The van der Waals surface area contributed by atoms with Crippen molar-refractivity contribution in [3.63, 3.8) is 0 Å². The molecule has 0 radical (unpaired) electrons. The van der Waals surface area contributed by atoms with Crippen molar-refractivity contribution in [1.82, 2.24) is 13.6 Å². The molecule has 1 amide bonds. The number of hydrogen-bond acceptors (Lipinski definition) is 5. The Hall–Kier alpha value is -2.22. The molecule has 0 aliphatic carbocycles. The highest BCUT2D eigenvalue weighted by molar-refractivity contribution is 7.00. The number of rotatable bonds is 3. The first kappa shape index (κ1) is 13.7. The first-order valence-electron chi connectivity index (χ1n) is 6.48. The van der Waals surface area contributed by atoms with Crippen molar-refractivity contribution in [3.8, 4) is 0 Å². The Morgan fingerprint density at radius 3 is 2.71 bits per heavy atom. The van der Waals surface area contributed by atoms with Crippen LogP contribution in [0.1, 0.15) is 12.0 Å². The zero-order valence-corrected chi connectivity index (χ0v) is 11.8. The lowest BCUT2D eigenvalue weighted by molar-refractivity contribution is -0.141. The summed E-state index contributed by atoms with van der Waals surface area (Å²) in [6.45, 7) is 0.250. The molecule has 1 fully saturated rings. The summed E-state index contributed by atoms with van der Waals surface area (Å²) < 4.78 is 8.30. The van der Waals surface area contributed by atoms with E-state index in [1.54, 1.807) is 0 Å². The Balaban J connectivity index is 1.75. The number of fused-ring (bicyclic) bond motifs is 1. The summed E-state index contributed by atoms with van der Waals surface area (Å²) in [7, 11) is 0. The second-order valence-corrected chi connectivity index (χ2v) is 5.71. The number of carboxylic acids is 1. The quantitative estimate of drug-likeness (QED) is 0.894. The minimum absolute atomic E-state index is 0.00578. The molecule has 1 aromatic heterocycles. The minimum atomic E-state index is -1.18. The molecule has 0 spiro atoms. The van der Waals surface area contributed by atoms with Gasteiger partial charge in [0.25, 0.3) is 0 Å². The molecule has 2 heterocycles. The minimum Gasteiger partial charge on any atom is -0.480 e. The van der Waals surface area contributed by atoms with Gasteiger partial charge in [0.2, 0.25) is 0 Å². The van der Waals surface area contributed by atoms with Crippen molar-refractivity contribution < 1.29 is 19.8 Å². The largest absolute Gasteiger partial charge is 0.480 e. The second-order valence-electron chi connectivity index (χ2n) is 5.18. The van der Waals surface area contributed by atoms with Crippen LogP contribution in [0.2, 0.25) is 0 Å². The molecule has 0 saturated carbocycles. The van der Waals surface area contributed by atoms with Crippen LogP contribution in [-0.4, -0.2) is 48.5 Å². The lowest BCUT2D eigenvalue weighted by Crippen LogP contribution is -2.39. The van der Waals surface area contributed by atoms with Crippen LogP contribution in [0.4, 0.5) is 4.79 Å². The Morgan fingerprint density at radius 2 is 2.05 bits per heavy atom. The molecular formula is C13H13N3O4S. The van der Waals surface area contributed by atoms with Crippen molar-refractivity contribution >= 4 is 34.8 Å². The van der Waals surface area contributed by atoms with Crippen LogP contribution >= 0.6 is 11.7 Å². The Kier molecular flexibility index (Phi) is 3.46. The number of nitrogens with zero attached hydrogens (tertiary/aromatic N) is 3. The lowest BCUT2D eigenvalue weighted by Gasteiger charge is -2.16. The molecule has 3 rings (SSSR count). The van der Waals surface area contributed by atoms with Crippen molar-refractivity contribution in [2.24, 2.45) is 5.92 Å². The van der Waals surface area contributed by atoms with E-state index in [0.717, 1.165) is 33.2 Å². The third kappa shape index (κ3) is 2.66. The van der Waals surface area contributed by atoms with Gasteiger partial charge in [-0.2, -0.15) is 8.75 Å². The van der Waals surface area contributed by atoms with E-state index in [1.807, 2.05) is 18.2 Å². The zero-order valence-electron chi connectivity index (χ0n) is 11.0.